The number of rotatable bonds is 0. The highest BCUT2D eigenvalue weighted by atomic mass is 79.9. The van der Waals surface area contributed by atoms with Crippen LogP contribution in [0.15, 0.2) is 46.9 Å². The third kappa shape index (κ3) is 0.903. The highest BCUT2D eigenvalue weighted by Gasteiger charge is 2.21. The first-order valence-electron chi connectivity index (χ1n) is 5.47. The van der Waals surface area contributed by atoms with Crippen molar-refractivity contribution in [3.63, 3.8) is 0 Å². The standard InChI is InChI=1S/C15H9Br/c16-15-11-6-2-1-5-10(11)13-8-9-4-3-7-12(15)14(9)13/h1-7H,8H2. The first-order chi connectivity index (χ1) is 7.86. The third-order valence-corrected chi connectivity index (χ3v) is 4.40. The van der Waals surface area contributed by atoms with Gasteiger partial charge in [-0.25, -0.2) is 0 Å². The molecular formula is C15H9Br. The molecule has 1 aliphatic carbocycles. The van der Waals surface area contributed by atoms with Gasteiger partial charge in [0.05, 0.1) is 0 Å². The monoisotopic (exact) mass is 268 g/mol. The topological polar surface area (TPSA) is 0 Å². The van der Waals surface area contributed by atoms with Gasteiger partial charge in [-0.3, -0.25) is 0 Å². The lowest BCUT2D eigenvalue weighted by Crippen LogP contribution is -2.04. The van der Waals surface area contributed by atoms with Crippen LogP contribution in [0.1, 0.15) is 11.1 Å². The minimum atomic E-state index is 1.13. The van der Waals surface area contributed by atoms with Crippen LogP contribution in [0.5, 0.6) is 0 Å². The minimum Gasteiger partial charge on any atom is -0.0616 e. The fourth-order valence-corrected chi connectivity index (χ4v) is 3.45. The Balaban J connectivity index is 2.38. The largest absolute Gasteiger partial charge is 0.0616 e. The predicted molar refractivity (Wildman–Crippen MR) is 72.0 cm³/mol. The zero-order valence-corrected chi connectivity index (χ0v) is 10.2. The van der Waals surface area contributed by atoms with Crippen molar-refractivity contribution in [2.24, 2.45) is 0 Å². The average Bonchev–Trinajstić information content (AvgIpc) is 2.29. The maximum Gasteiger partial charge on any atom is 0.0332 e. The Hall–Kier alpha value is -1.34. The first kappa shape index (κ1) is 8.77. The Kier molecular flexibility index (Phi) is 1.57. The van der Waals surface area contributed by atoms with Crippen LogP contribution in [0.2, 0.25) is 0 Å². The number of fused-ring (bicyclic) bond motifs is 2. The fourth-order valence-electron chi connectivity index (χ4n) is 2.77. The van der Waals surface area contributed by atoms with Crippen molar-refractivity contribution in [1.29, 1.82) is 0 Å². The fraction of sp³-hybridized carbons (Fsp3) is 0.0667. The van der Waals surface area contributed by atoms with Crippen molar-refractivity contribution >= 4 is 37.5 Å². The Bertz CT molecular complexity index is 676. The van der Waals surface area contributed by atoms with E-state index in [1.807, 2.05) is 0 Å². The van der Waals surface area contributed by atoms with Gasteiger partial charge in [-0.2, -0.15) is 0 Å². The average molecular weight is 269 g/mol. The van der Waals surface area contributed by atoms with Gasteiger partial charge in [0.15, 0.2) is 0 Å². The van der Waals surface area contributed by atoms with Gasteiger partial charge in [-0.1, -0.05) is 42.5 Å². The highest BCUT2D eigenvalue weighted by Crippen LogP contribution is 2.43. The molecule has 0 saturated carbocycles. The highest BCUT2D eigenvalue weighted by molar-refractivity contribution is 9.10. The SMILES string of the molecule is Brc1c2ccccc2c2c3c(cccc13)C2. The Morgan fingerprint density at radius 3 is 2.44 bits per heavy atom. The maximum atomic E-state index is 3.74. The first-order valence-corrected chi connectivity index (χ1v) is 6.26. The zero-order valence-electron chi connectivity index (χ0n) is 8.63. The minimum absolute atomic E-state index is 1.13. The molecule has 3 aromatic rings. The van der Waals surface area contributed by atoms with Crippen molar-refractivity contribution < 1.29 is 0 Å². The predicted octanol–water partition coefficient (Wildman–Crippen LogP) is 4.66. The molecule has 0 saturated heterocycles. The summed E-state index contributed by atoms with van der Waals surface area (Å²) in [5.41, 5.74) is 3.00. The molecule has 0 fully saturated rings. The molecule has 0 atom stereocenters. The summed E-state index contributed by atoms with van der Waals surface area (Å²) >= 11 is 3.74. The van der Waals surface area contributed by atoms with E-state index in [0.29, 0.717) is 0 Å². The molecule has 0 amide bonds. The summed E-state index contributed by atoms with van der Waals surface area (Å²) in [6.45, 7) is 0. The molecule has 76 valence electrons. The van der Waals surface area contributed by atoms with E-state index in [0.717, 1.165) is 6.42 Å². The van der Waals surface area contributed by atoms with Gasteiger partial charge in [0, 0.05) is 4.47 Å². The van der Waals surface area contributed by atoms with E-state index in [9.17, 15) is 0 Å². The van der Waals surface area contributed by atoms with Crippen LogP contribution in [0.4, 0.5) is 0 Å². The molecule has 4 rings (SSSR count). The van der Waals surface area contributed by atoms with E-state index < -0.39 is 0 Å². The molecule has 0 spiro atoms. The molecule has 1 aliphatic rings. The van der Waals surface area contributed by atoms with Crippen molar-refractivity contribution in [1.82, 2.24) is 0 Å². The summed E-state index contributed by atoms with van der Waals surface area (Å²) in [6, 6.07) is 15.2. The molecular weight excluding hydrogens is 260 g/mol. The zero-order chi connectivity index (χ0) is 10.7. The van der Waals surface area contributed by atoms with E-state index >= 15 is 0 Å². The molecule has 0 N–H and O–H groups in total. The summed E-state index contributed by atoms with van der Waals surface area (Å²) in [5, 5.41) is 5.56. The molecule has 3 aromatic carbocycles. The number of halogens is 1. The van der Waals surface area contributed by atoms with Crippen molar-refractivity contribution in [3.8, 4) is 0 Å². The molecule has 0 aliphatic heterocycles. The summed E-state index contributed by atoms with van der Waals surface area (Å²) in [6.07, 6.45) is 1.13. The van der Waals surface area contributed by atoms with Crippen LogP contribution in [0, 0.1) is 0 Å². The van der Waals surface area contributed by atoms with Crippen molar-refractivity contribution in [2.45, 2.75) is 6.42 Å². The van der Waals surface area contributed by atoms with Crippen molar-refractivity contribution in [3.05, 3.63) is 58.1 Å². The summed E-state index contributed by atoms with van der Waals surface area (Å²) in [5.74, 6) is 0. The van der Waals surface area contributed by atoms with E-state index in [1.165, 1.54) is 37.1 Å². The molecule has 0 bridgehead atoms. The van der Waals surface area contributed by atoms with Crippen LogP contribution in [0.25, 0.3) is 21.5 Å². The molecule has 16 heavy (non-hydrogen) atoms. The van der Waals surface area contributed by atoms with Gasteiger partial charge in [-0.15, -0.1) is 0 Å². The van der Waals surface area contributed by atoms with Gasteiger partial charge in [0.2, 0.25) is 0 Å². The third-order valence-electron chi connectivity index (χ3n) is 3.54. The van der Waals surface area contributed by atoms with Crippen LogP contribution in [-0.2, 0) is 6.42 Å². The smallest absolute Gasteiger partial charge is 0.0332 e. The molecule has 0 aromatic heterocycles. The van der Waals surface area contributed by atoms with E-state index in [-0.39, 0.29) is 0 Å². The quantitative estimate of drug-likeness (QED) is 0.407. The molecule has 1 heteroatoms. The van der Waals surface area contributed by atoms with Gasteiger partial charge >= 0.3 is 0 Å². The van der Waals surface area contributed by atoms with Gasteiger partial charge < -0.3 is 0 Å². The van der Waals surface area contributed by atoms with Gasteiger partial charge in [0.25, 0.3) is 0 Å². The van der Waals surface area contributed by atoms with Crippen LogP contribution in [-0.4, -0.2) is 0 Å². The molecule has 0 unspecified atom stereocenters. The normalized spacial score (nSPS) is 13.1. The lowest BCUT2D eigenvalue weighted by atomic mass is 9.81. The molecule has 0 heterocycles. The number of hydrogen-bond donors (Lipinski definition) is 0. The second-order valence-corrected chi connectivity index (χ2v) is 5.15. The second kappa shape index (κ2) is 2.86. The lowest BCUT2D eigenvalue weighted by molar-refractivity contribution is 1.18. The maximum absolute atomic E-state index is 3.74. The summed E-state index contributed by atoms with van der Waals surface area (Å²) in [4.78, 5) is 0. The van der Waals surface area contributed by atoms with Crippen LogP contribution in [0.3, 0.4) is 0 Å². The number of hydrogen-bond acceptors (Lipinski definition) is 0. The summed E-state index contributed by atoms with van der Waals surface area (Å²) < 4.78 is 1.24. The molecule has 0 radical (unpaired) electrons. The summed E-state index contributed by atoms with van der Waals surface area (Å²) in [7, 11) is 0. The Labute approximate surface area is 102 Å². The van der Waals surface area contributed by atoms with Crippen molar-refractivity contribution in [2.75, 3.05) is 0 Å². The van der Waals surface area contributed by atoms with E-state index in [1.54, 1.807) is 0 Å². The van der Waals surface area contributed by atoms with Crippen LogP contribution >= 0.6 is 15.9 Å². The van der Waals surface area contributed by atoms with Crippen LogP contribution < -0.4 is 0 Å². The van der Waals surface area contributed by atoms with Gasteiger partial charge in [-0.05, 0) is 55.0 Å². The molecule has 0 nitrogen and oxygen atoms in total. The van der Waals surface area contributed by atoms with E-state index in [4.69, 9.17) is 0 Å². The second-order valence-electron chi connectivity index (χ2n) is 4.35. The van der Waals surface area contributed by atoms with Gasteiger partial charge in [0.1, 0.15) is 0 Å². The Morgan fingerprint density at radius 1 is 0.812 bits per heavy atom. The number of benzene rings is 3. The van der Waals surface area contributed by atoms with E-state index in [2.05, 4.69) is 58.4 Å². The Morgan fingerprint density at radius 2 is 1.56 bits per heavy atom. The lowest BCUT2D eigenvalue weighted by Gasteiger charge is -2.23.